The second-order valence-corrected chi connectivity index (χ2v) is 3.52. The van der Waals surface area contributed by atoms with Crippen molar-refractivity contribution < 1.29 is 8.78 Å². The SMILES string of the molecule is CC[C@](F)(CBr)c1ccc(F)cc1. The second-order valence-electron chi connectivity index (χ2n) is 2.96. The summed E-state index contributed by atoms with van der Waals surface area (Å²) >= 11 is 3.12. The summed E-state index contributed by atoms with van der Waals surface area (Å²) in [6.45, 7) is 1.77. The third-order valence-electron chi connectivity index (χ3n) is 2.13. The lowest BCUT2D eigenvalue weighted by atomic mass is 9.95. The van der Waals surface area contributed by atoms with E-state index in [9.17, 15) is 8.78 Å². The van der Waals surface area contributed by atoms with E-state index < -0.39 is 5.67 Å². The summed E-state index contributed by atoms with van der Waals surface area (Å²) in [5, 5.41) is 0.238. The molecular formula is C10H11BrF2. The Morgan fingerprint density at radius 3 is 2.23 bits per heavy atom. The van der Waals surface area contributed by atoms with Crippen LogP contribution in [0, 0.1) is 5.82 Å². The van der Waals surface area contributed by atoms with Gasteiger partial charge < -0.3 is 0 Å². The molecule has 1 atom stereocenters. The summed E-state index contributed by atoms with van der Waals surface area (Å²) in [6, 6.07) is 5.53. The molecule has 0 saturated carbocycles. The van der Waals surface area contributed by atoms with E-state index in [1.807, 2.05) is 0 Å². The molecule has 1 rings (SSSR count). The van der Waals surface area contributed by atoms with Gasteiger partial charge in [-0.3, -0.25) is 0 Å². The molecule has 0 unspecified atom stereocenters. The zero-order chi connectivity index (χ0) is 9.90. The first-order chi connectivity index (χ1) is 6.12. The standard InChI is InChI=1S/C10H11BrF2/c1-2-10(13,7-11)8-3-5-9(12)6-4-8/h3-6H,2,7H2,1H3/t10-/m0/s1. The fourth-order valence-electron chi connectivity index (χ4n) is 1.12. The lowest BCUT2D eigenvalue weighted by molar-refractivity contribution is 0.194. The molecule has 0 bridgehead atoms. The number of halogens is 3. The molecule has 0 aromatic heterocycles. The van der Waals surface area contributed by atoms with Crippen LogP contribution in [0.5, 0.6) is 0 Å². The molecule has 0 radical (unpaired) electrons. The van der Waals surface area contributed by atoms with Crippen LogP contribution in [0.25, 0.3) is 0 Å². The molecule has 0 nitrogen and oxygen atoms in total. The van der Waals surface area contributed by atoms with Crippen molar-refractivity contribution >= 4 is 15.9 Å². The van der Waals surface area contributed by atoms with Crippen molar-refractivity contribution in [3.63, 3.8) is 0 Å². The minimum atomic E-state index is -1.38. The van der Waals surface area contributed by atoms with Gasteiger partial charge in [-0.2, -0.15) is 0 Å². The third kappa shape index (κ3) is 2.27. The van der Waals surface area contributed by atoms with Crippen LogP contribution in [0.1, 0.15) is 18.9 Å². The Balaban J connectivity index is 2.99. The predicted molar refractivity (Wildman–Crippen MR) is 53.3 cm³/mol. The highest BCUT2D eigenvalue weighted by Gasteiger charge is 2.28. The van der Waals surface area contributed by atoms with E-state index in [2.05, 4.69) is 15.9 Å². The molecule has 0 saturated heterocycles. The number of rotatable bonds is 3. The van der Waals surface area contributed by atoms with Gasteiger partial charge in [0.2, 0.25) is 0 Å². The molecule has 0 spiro atoms. The van der Waals surface area contributed by atoms with Crippen LogP contribution >= 0.6 is 15.9 Å². The smallest absolute Gasteiger partial charge is 0.145 e. The molecule has 72 valence electrons. The number of hydrogen-bond donors (Lipinski definition) is 0. The molecule has 1 aromatic rings. The van der Waals surface area contributed by atoms with Crippen LogP contribution < -0.4 is 0 Å². The topological polar surface area (TPSA) is 0 Å². The molecule has 0 amide bonds. The Bertz CT molecular complexity index is 265. The summed E-state index contributed by atoms with van der Waals surface area (Å²) < 4.78 is 26.5. The van der Waals surface area contributed by atoms with E-state index in [0.29, 0.717) is 12.0 Å². The Kier molecular flexibility index (Phi) is 3.42. The molecule has 0 aliphatic rings. The van der Waals surface area contributed by atoms with Crippen LogP contribution in [0.4, 0.5) is 8.78 Å². The Hall–Kier alpha value is -0.440. The van der Waals surface area contributed by atoms with Crippen LogP contribution in [0.3, 0.4) is 0 Å². The maximum Gasteiger partial charge on any atom is 0.145 e. The van der Waals surface area contributed by atoms with Crippen molar-refractivity contribution in [1.29, 1.82) is 0 Å². The van der Waals surface area contributed by atoms with E-state index in [1.54, 1.807) is 6.92 Å². The summed E-state index contributed by atoms with van der Waals surface area (Å²) in [7, 11) is 0. The first-order valence-corrected chi connectivity index (χ1v) is 5.25. The summed E-state index contributed by atoms with van der Waals surface area (Å²) in [5.41, 5.74) is -0.860. The van der Waals surface area contributed by atoms with Gasteiger partial charge in [0.25, 0.3) is 0 Å². The molecule has 3 heteroatoms. The van der Waals surface area contributed by atoms with E-state index >= 15 is 0 Å². The monoisotopic (exact) mass is 248 g/mol. The first-order valence-electron chi connectivity index (χ1n) is 4.13. The highest BCUT2D eigenvalue weighted by Crippen LogP contribution is 2.31. The minimum Gasteiger partial charge on any atom is -0.238 e. The predicted octanol–water partition coefficient (Wildman–Crippen LogP) is 3.80. The zero-order valence-corrected chi connectivity index (χ0v) is 8.94. The van der Waals surface area contributed by atoms with E-state index in [-0.39, 0.29) is 11.1 Å². The summed E-state index contributed by atoms with van der Waals surface area (Å²) in [6.07, 6.45) is 0.379. The van der Waals surface area contributed by atoms with Gasteiger partial charge in [0.15, 0.2) is 0 Å². The number of hydrogen-bond acceptors (Lipinski definition) is 0. The molecule has 1 aromatic carbocycles. The fourth-order valence-corrected chi connectivity index (χ4v) is 1.84. The van der Waals surface area contributed by atoms with Crippen molar-refractivity contribution in [3.8, 4) is 0 Å². The highest BCUT2D eigenvalue weighted by molar-refractivity contribution is 9.09. The van der Waals surface area contributed by atoms with Crippen molar-refractivity contribution in [2.24, 2.45) is 0 Å². The molecule has 0 fully saturated rings. The average molecular weight is 249 g/mol. The van der Waals surface area contributed by atoms with Crippen molar-refractivity contribution in [1.82, 2.24) is 0 Å². The Labute approximate surface area is 85.1 Å². The molecule has 0 N–H and O–H groups in total. The van der Waals surface area contributed by atoms with Gasteiger partial charge in [-0.25, -0.2) is 8.78 Å². The Morgan fingerprint density at radius 1 is 1.31 bits per heavy atom. The molecule has 0 heterocycles. The van der Waals surface area contributed by atoms with Gasteiger partial charge in [-0.15, -0.1) is 0 Å². The molecule has 0 aliphatic carbocycles. The average Bonchev–Trinajstić information content (AvgIpc) is 2.18. The van der Waals surface area contributed by atoms with Gasteiger partial charge in [0.05, 0.1) is 0 Å². The van der Waals surface area contributed by atoms with Gasteiger partial charge >= 0.3 is 0 Å². The van der Waals surface area contributed by atoms with E-state index in [1.165, 1.54) is 24.3 Å². The van der Waals surface area contributed by atoms with E-state index in [4.69, 9.17) is 0 Å². The van der Waals surface area contributed by atoms with Crippen molar-refractivity contribution in [2.75, 3.05) is 5.33 Å². The maximum absolute atomic E-state index is 13.9. The van der Waals surface area contributed by atoms with Crippen LogP contribution in [0.2, 0.25) is 0 Å². The van der Waals surface area contributed by atoms with Gasteiger partial charge in [0, 0.05) is 5.33 Å². The van der Waals surface area contributed by atoms with Crippen LogP contribution in [0.15, 0.2) is 24.3 Å². The van der Waals surface area contributed by atoms with Crippen molar-refractivity contribution in [3.05, 3.63) is 35.6 Å². The lowest BCUT2D eigenvalue weighted by Crippen LogP contribution is -2.20. The van der Waals surface area contributed by atoms with Crippen molar-refractivity contribution in [2.45, 2.75) is 19.0 Å². The fraction of sp³-hybridized carbons (Fsp3) is 0.400. The first kappa shape index (κ1) is 10.6. The summed E-state index contributed by atoms with van der Waals surface area (Å²) in [4.78, 5) is 0. The quantitative estimate of drug-likeness (QED) is 0.715. The highest BCUT2D eigenvalue weighted by atomic mass is 79.9. The molecule has 0 aliphatic heterocycles. The number of benzene rings is 1. The minimum absolute atomic E-state index is 0.238. The largest absolute Gasteiger partial charge is 0.238 e. The van der Waals surface area contributed by atoms with Gasteiger partial charge in [-0.05, 0) is 24.1 Å². The lowest BCUT2D eigenvalue weighted by Gasteiger charge is -2.21. The number of alkyl halides is 2. The van der Waals surface area contributed by atoms with E-state index in [0.717, 1.165) is 0 Å². The normalized spacial score (nSPS) is 15.4. The molecular weight excluding hydrogens is 238 g/mol. The van der Waals surface area contributed by atoms with Gasteiger partial charge in [0.1, 0.15) is 11.5 Å². The van der Waals surface area contributed by atoms with Crippen LogP contribution in [-0.4, -0.2) is 5.33 Å². The maximum atomic E-state index is 13.9. The third-order valence-corrected chi connectivity index (χ3v) is 3.02. The second kappa shape index (κ2) is 4.18. The van der Waals surface area contributed by atoms with Crippen LogP contribution in [-0.2, 0) is 5.67 Å². The van der Waals surface area contributed by atoms with Gasteiger partial charge in [-0.1, -0.05) is 35.0 Å². The molecule has 13 heavy (non-hydrogen) atoms. The zero-order valence-electron chi connectivity index (χ0n) is 7.36. The summed E-state index contributed by atoms with van der Waals surface area (Å²) in [5.74, 6) is -0.336. The Morgan fingerprint density at radius 2 is 1.85 bits per heavy atom.